The Bertz CT molecular complexity index is 825. The predicted molar refractivity (Wildman–Crippen MR) is 107 cm³/mol. The molecule has 2 fully saturated rings. The van der Waals surface area contributed by atoms with Crippen LogP contribution in [-0.4, -0.2) is 50.5 Å². The molecular weight excluding hydrogens is 376 g/mol. The molecule has 0 bridgehead atoms. The lowest BCUT2D eigenvalue weighted by molar-refractivity contribution is -0.127. The number of carbonyl (C=O) groups excluding carboxylic acids is 1. The van der Waals surface area contributed by atoms with Crippen LogP contribution in [0, 0.1) is 5.92 Å². The third kappa shape index (κ3) is 3.98. The molecule has 2 unspecified atom stereocenters. The van der Waals surface area contributed by atoms with E-state index in [9.17, 15) is 13.2 Å². The van der Waals surface area contributed by atoms with Gasteiger partial charge in [0.2, 0.25) is 15.9 Å². The summed E-state index contributed by atoms with van der Waals surface area (Å²) in [5.74, 6) is -0.104. The molecule has 2 aliphatic heterocycles. The summed E-state index contributed by atoms with van der Waals surface area (Å²) in [5.41, 5.74) is 2.44. The van der Waals surface area contributed by atoms with Gasteiger partial charge in [-0.05, 0) is 75.1 Å². The van der Waals surface area contributed by atoms with Crippen LogP contribution in [0.25, 0.3) is 0 Å². The summed E-state index contributed by atoms with van der Waals surface area (Å²) < 4.78 is 33.2. The Kier molecular flexibility index (Phi) is 5.76. The smallest absolute Gasteiger partial charge is 0.243 e. The van der Waals surface area contributed by atoms with Crippen molar-refractivity contribution in [3.05, 3.63) is 29.3 Å². The Labute approximate surface area is 167 Å². The highest BCUT2D eigenvalue weighted by atomic mass is 32.2. The summed E-state index contributed by atoms with van der Waals surface area (Å²) in [6, 6.07) is 5.55. The van der Waals surface area contributed by atoms with Crippen LogP contribution >= 0.6 is 0 Å². The normalized spacial score (nSPS) is 24.8. The van der Waals surface area contributed by atoms with Crippen LogP contribution in [0.5, 0.6) is 0 Å². The van der Waals surface area contributed by atoms with Crippen molar-refractivity contribution in [1.82, 2.24) is 9.62 Å². The molecule has 1 N–H and O–H groups in total. The molecule has 28 heavy (non-hydrogen) atoms. The standard InChI is InChI=1S/C21H30N2O4S/c1-15(20-6-3-13-27-20)22-21(24)17-9-11-23(12-10-17)28(25,26)19-8-7-16-4-2-5-18(16)14-19/h7-8,14-15,17,20H,2-6,9-13H2,1H3,(H,22,24). The van der Waals surface area contributed by atoms with Gasteiger partial charge in [-0.2, -0.15) is 4.31 Å². The Morgan fingerprint density at radius 1 is 1.14 bits per heavy atom. The quantitative estimate of drug-likeness (QED) is 0.814. The molecule has 0 radical (unpaired) electrons. The van der Waals surface area contributed by atoms with Crippen LogP contribution in [0.1, 0.15) is 50.2 Å². The molecule has 1 aliphatic carbocycles. The van der Waals surface area contributed by atoms with E-state index >= 15 is 0 Å². The number of aryl methyl sites for hydroxylation is 2. The van der Waals surface area contributed by atoms with E-state index in [2.05, 4.69) is 5.32 Å². The maximum absolute atomic E-state index is 13.0. The van der Waals surface area contributed by atoms with E-state index in [0.29, 0.717) is 30.8 Å². The number of sulfonamides is 1. The van der Waals surface area contributed by atoms with Crippen LogP contribution in [0.15, 0.2) is 23.1 Å². The zero-order valence-electron chi connectivity index (χ0n) is 16.5. The first-order valence-electron chi connectivity index (χ1n) is 10.5. The van der Waals surface area contributed by atoms with Crippen molar-refractivity contribution < 1.29 is 17.9 Å². The molecule has 1 aromatic carbocycles. The van der Waals surface area contributed by atoms with Crippen molar-refractivity contribution >= 4 is 15.9 Å². The zero-order chi connectivity index (χ0) is 19.7. The number of hydrogen-bond donors (Lipinski definition) is 1. The molecule has 1 aromatic rings. The molecule has 7 heteroatoms. The van der Waals surface area contributed by atoms with Crippen LogP contribution in [-0.2, 0) is 32.4 Å². The SMILES string of the molecule is CC(NC(=O)C1CCN(S(=O)(=O)c2ccc3c(c2)CCC3)CC1)C1CCCO1. The second-order valence-electron chi connectivity index (χ2n) is 8.31. The first-order valence-corrected chi connectivity index (χ1v) is 11.9. The average Bonchev–Trinajstić information content (AvgIpc) is 3.39. The molecule has 154 valence electrons. The molecule has 2 atom stereocenters. The van der Waals surface area contributed by atoms with Gasteiger partial charge >= 0.3 is 0 Å². The Balaban J connectivity index is 1.34. The molecular formula is C21H30N2O4S. The lowest BCUT2D eigenvalue weighted by Crippen LogP contribution is -2.47. The highest BCUT2D eigenvalue weighted by Crippen LogP contribution is 2.28. The average molecular weight is 407 g/mol. The molecule has 6 nitrogen and oxygen atoms in total. The van der Waals surface area contributed by atoms with Gasteiger partial charge in [0, 0.05) is 25.6 Å². The van der Waals surface area contributed by atoms with E-state index in [1.807, 2.05) is 19.1 Å². The van der Waals surface area contributed by atoms with E-state index in [4.69, 9.17) is 4.74 Å². The second kappa shape index (κ2) is 8.13. The van der Waals surface area contributed by atoms with Gasteiger partial charge in [-0.3, -0.25) is 4.79 Å². The van der Waals surface area contributed by atoms with Gasteiger partial charge in [0.25, 0.3) is 0 Å². The minimum absolute atomic E-state index is 0.00294. The van der Waals surface area contributed by atoms with E-state index in [1.165, 1.54) is 15.4 Å². The van der Waals surface area contributed by atoms with Crippen LogP contribution in [0.4, 0.5) is 0 Å². The first kappa shape index (κ1) is 19.9. The van der Waals surface area contributed by atoms with Crippen molar-refractivity contribution in [1.29, 1.82) is 0 Å². The number of fused-ring (bicyclic) bond motifs is 1. The van der Waals surface area contributed by atoms with Crippen molar-refractivity contribution in [2.75, 3.05) is 19.7 Å². The summed E-state index contributed by atoms with van der Waals surface area (Å²) in [5, 5.41) is 3.07. The maximum atomic E-state index is 13.0. The fourth-order valence-electron chi connectivity index (χ4n) is 4.65. The first-order chi connectivity index (χ1) is 13.4. The zero-order valence-corrected chi connectivity index (χ0v) is 17.3. The minimum Gasteiger partial charge on any atom is -0.376 e. The number of hydrogen-bond acceptors (Lipinski definition) is 4. The fraction of sp³-hybridized carbons (Fsp3) is 0.667. The highest BCUT2D eigenvalue weighted by molar-refractivity contribution is 7.89. The van der Waals surface area contributed by atoms with Crippen LogP contribution < -0.4 is 5.32 Å². The molecule has 0 spiro atoms. The highest BCUT2D eigenvalue weighted by Gasteiger charge is 2.34. The molecule has 3 aliphatic rings. The van der Waals surface area contributed by atoms with Gasteiger partial charge in [0.05, 0.1) is 17.0 Å². The monoisotopic (exact) mass is 406 g/mol. The third-order valence-corrected chi connectivity index (χ3v) is 8.32. The van der Waals surface area contributed by atoms with Gasteiger partial charge < -0.3 is 10.1 Å². The molecule has 0 aromatic heterocycles. The van der Waals surface area contributed by atoms with Gasteiger partial charge in [-0.25, -0.2) is 8.42 Å². The summed E-state index contributed by atoms with van der Waals surface area (Å²) in [7, 11) is -3.49. The van der Waals surface area contributed by atoms with Crippen molar-refractivity contribution in [3.63, 3.8) is 0 Å². The van der Waals surface area contributed by atoms with Gasteiger partial charge in [-0.15, -0.1) is 0 Å². The molecule has 4 rings (SSSR count). The number of ether oxygens (including phenoxy) is 1. The number of benzene rings is 1. The van der Waals surface area contributed by atoms with Gasteiger partial charge in [-0.1, -0.05) is 6.07 Å². The second-order valence-corrected chi connectivity index (χ2v) is 10.2. The summed E-state index contributed by atoms with van der Waals surface area (Å²) in [6.45, 7) is 3.54. The number of carbonyl (C=O) groups is 1. The summed E-state index contributed by atoms with van der Waals surface area (Å²) >= 11 is 0. The van der Waals surface area contributed by atoms with E-state index in [0.717, 1.165) is 38.7 Å². The summed E-state index contributed by atoms with van der Waals surface area (Å²) in [6.07, 6.45) is 6.36. The Morgan fingerprint density at radius 2 is 1.89 bits per heavy atom. The predicted octanol–water partition coefficient (Wildman–Crippen LogP) is 2.26. The van der Waals surface area contributed by atoms with E-state index < -0.39 is 10.0 Å². The van der Waals surface area contributed by atoms with E-state index in [1.54, 1.807) is 6.07 Å². The van der Waals surface area contributed by atoms with Gasteiger partial charge in [0.1, 0.15) is 0 Å². The minimum atomic E-state index is -3.49. The number of nitrogens with zero attached hydrogens (tertiary/aromatic N) is 1. The number of nitrogens with one attached hydrogen (secondary N) is 1. The lowest BCUT2D eigenvalue weighted by atomic mass is 9.96. The molecule has 2 heterocycles. The van der Waals surface area contributed by atoms with Crippen molar-refractivity contribution in [3.8, 4) is 0 Å². The number of piperidine rings is 1. The molecule has 1 amide bonds. The topological polar surface area (TPSA) is 75.7 Å². The van der Waals surface area contributed by atoms with E-state index in [-0.39, 0.29) is 24.0 Å². The largest absolute Gasteiger partial charge is 0.376 e. The van der Waals surface area contributed by atoms with Crippen LogP contribution in [0.2, 0.25) is 0 Å². The Hall–Kier alpha value is -1.44. The maximum Gasteiger partial charge on any atom is 0.243 e. The molecule has 2 saturated heterocycles. The third-order valence-electron chi connectivity index (χ3n) is 6.42. The van der Waals surface area contributed by atoms with Gasteiger partial charge in [0.15, 0.2) is 0 Å². The number of amides is 1. The molecule has 0 saturated carbocycles. The van der Waals surface area contributed by atoms with Crippen LogP contribution in [0.3, 0.4) is 0 Å². The van der Waals surface area contributed by atoms with Crippen molar-refractivity contribution in [2.24, 2.45) is 5.92 Å². The van der Waals surface area contributed by atoms with Crippen molar-refractivity contribution in [2.45, 2.75) is 68.9 Å². The number of rotatable bonds is 5. The Morgan fingerprint density at radius 3 is 2.61 bits per heavy atom. The summed E-state index contributed by atoms with van der Waals surface area (Å²) in [4.78, 5) is 13.0. The fourth-order valence-corrected chi connectivity index (χ4v) is 6.17. The lowest BCUT2D eigenvalue weighted by Gasteiger charge is -2.31.